The van der Waals surface area contributed by atoms with E-state index >= 15 is 0 Å². The Hall–Kier alpha value is -3.91. The largest absolute Gasteiger partial charge is 0.491 e. The summed E-state index contributed by atoms with van der Waals surface area (Å²) in [6.45, 7) is 2.39. The Balaban J connectivity index is 1.25. The Bertz CT molecular complexity index is 1330. The predicted octanol–water partition coefficient (Wildman–Crippen LogP) is 6.12. The molecule has 0 aliphatic carbocycles. The van der Waals surface area contributed by atoms with Gasteiger partial charge in [0.2, 0.25) is 0 Å². The van der Waals surface area contributed by atoms with E-state index < -0.39 is 12.2 Å². The third kappa shape index (κ3) is 6.36. The number of hydrogen-bond acceptors (Lipinski definition) is 5. The van der Waals surface area contributed by atoms with Gasteiger partial charge in [-0.05, 0) is 64.1 Å². The molecule has 2 N–H and O–H groups in total. The molecular formula is C27H24BrN3O4. The Morgan fingerprint density at radius 1 is 1.00 bits per heavy atom. The molecule has 0 spiro atoms. The van der Waals surface area contributed by atoms with Crippen LogP contribution in [0.2, 0.25) is 0 Å². The SMILES string of the molecule is CC(OC(=O)NCCOc1cccc2ccccc12)c1ccc(NC(=O)c2ccccn2)c(Br)c1. The maximum atomic E-state index is 12.3. The van der Waals surface area contributed by atoms with Gasteiger partial charge in [-0.3, -0.25) is 9.78 Å². The molecule has 35 heavy (non-hydrogen) atoms. The van der Waals surface area contributed by atoms with Gasteiger partial charge in [0, 0.05) is 16.1 Å². The fourth-order valence-corrected chi connectivity index (χ4v) is 3.97. The summed E-state index contributed by atoms with van der Waals surface area (Å²) in [5.74, 6) is 0.458. The number of carbonyl (C=O) groups excluding carboxylic acids is 2. The summed E-state index contributed by atoms with van der Waals surface area (Å²) >= 11 is 3.47. The summed E-state index contributed by atoms with van der Waals surface area (Å²) in [7, 11) is 0. The number of nitrogens with one attached hydrogen (secondary N) is 2. The highest BCUT2D eigenvalue weighted by Gasteiger charge is 2.15. The quantitative estimate of drug-likeness (QED) is 0.266. The normalized spacial score (nSPS) is 11.5. The molecule has 1 unspecified atom stereocenters. The second-order valence-corrected chi connectivity index (χ2v) is 8.56. The van der Waals surface area contributed by atoms with Crippen molar-refractivity contribution in [3.8, 4) is 5.75 Å². The zero-order valence-corrected chi connectivity index (χ0v) is 20.6. The van der Waals surface area contributed by atoms with Gasteiger partial charge in [0.25, 0.3) is 5.91 Å². The number of carbonyl (C=O) groups is 2. The minimum atomic E-state index is -0.539. The molecule has 7 nitrogen and oxygen atoms in total. The van der Waals surface area contributed by atoms with Crippen molar-refractivity contribution in [2.24, 2.45) is 0 Å². The van der Waals surface area contributed by atoms with Crippen LogP contribution in [-0.2, 0) is 4.74 Å². The van der Waals surface area contributed by atoms with E-state index in [1.54, 1.807) is 49.5 Å². The number of benzene rings is 3. The van der Waals surface area contributed by atoms with Gasteiger partial charge in [0.15, 0.2) is 0 Å². The fourth-order valence-electron chi connectivity index (χ4n) is 3.47. The van der Waals surface area contributed by atoms with Crippen LogP contribution in [0.5, 0.6) is 5.75 Å². The summed E-state index contributed by atoms with van der Waals surface area (Å²) in [4.78, 5) is 28.6. The van der Waals surface area contributed by atoms with Crippen LogP contribution in [0.1, 0.15) is 29.1 Å². The first-order chi connectivity index (χ1) is 17.0. The lowest BCUT2D eigenvalue weighted by Gasteiger charge is -2.16. The van der Waals surface area contributed by atoms with Crippen molar-refractivity contribution in [1.29, 1.82) is 0 Å². The van der Waals surface area contributed by atoms with Crippen molar-refractivity contribution in [1.82, 2.24) is 10.3 Å². The van der Waals surface area contributed by atoms with E-state index in [1.807, 2.05) is 42.5 Å². The number of nitrogens with zero attached hydrogens (tertiary/aromatic N) is 1. The molecule has 0 aliphatic rings. The summed E-state index contributed by atoms with van der Waals surface area (Å²) in [5.41, 5.74) is 1.68. The van der Waals surface area contributed by atoms with Crippen LogP contribution in [0.15, 0.2) is 89.5 Å². The van der Waals surface area contributed by atoms with Crippen molar-refractivity contribution < 1.29 is 19.1 Å². The zero-order valence-electron chi connectivity index (χ0n) is 19.0. The van der Waals surface area contributed by atoms with E-state index in [9.17, 15) is 9.59 Å². The van der Waals surface area contributed by atoms with E-state index in [1.165, 1.54) is 0 Å². The topological polar surface area (TPSA) is 89.5 Å². The molecule has 2 amide bonds. The first kappa shape index (κ1) is 24.2. The molecule has 0 radical (unpaired) electrons. The average Bonchev–Trinajstić information content (AvgIpc) is 2.88. The van der Waals surface area contributed by atoms with Gasteiger partial charge in [-0.25, -0.2) is 4.79 Å². The molecule has 0 fully saturated rings. The summed E-state index contributed by atoms with van der Waals surface area (Å²) < 4.78 is 12.0. The molecular weight excluding hydrogens is 510 g/mol. The third-order valence-electron chi connectivity index (χ3n) is 5.27. The van der Waals surface area contributed by atoms with Gasteiger partial charge >= 0.3 is 6.09 Å². The summed E-state index contributed by atoms with van der Waals surface area (Å²) in [5, 5.41) is 7.64. The molecule has 0 bridgehead atoms. The van der Waals surface area contributed by atoms with Crippen LogP contribution in [0.4, 0.5) is 10.5 Å². The second-order valence-electron chi connectivity index (χ2n) is 7.71. The number of ether oxygens (including phenoxy) is 2. The molecule has 178 valence electrons. The number of anilines is 1. The first-order valence-electron chi connectivity index (χ1n) is 11.1. The molecule has 1 atom stereocenters. The molecule has 0 aliphatic heterocycles. The maximum absolute atomic E-state index is 12.3. The number of pyridine rings is 1. The number of hydrogen-bond donors (Lipinski definition) is 2. The zero-order chi connectivity index (χ0) is 24.6. The van der Waals surface area contributed by atoms with Crippen molar-refractivity contribution in [2.75, 3.05) is 18.5 Å². The average molecular weight is 534 g/mol. The molecule has 0 saturated carbocycles. The van der Waals surface area contributed by atoms with Gasteiger partial charge in [-0.1, -0.05) is 48.5 Å². The number of fused-ring (bicyclic) bond motifs is 1. The lowest BCUT2D eigenvalue weighted by Crippen LogP contribution is -2.29. The Morgan fingerprint density at radius 2 is 1.80 bits per heavy atom. The van der Waals surface area contributed by atoms with E-state index in [4.69, 9.17) is 9.47 Å². The van der Waals surface area contributed by atoms with E-state index in [-0.39, 0.29) is 5.91 Å². The maximum Gasteiger partial charge on any atom is 0.407 e. The molecule has 1 aromatic heterocycles. The third-order valence-corrected chi connectivity index (χ3v) is 5.93. The lowest BCUT2D eigenvalue weighted by atomic mass is 10.1. The predicted molar refractivity (Wildman–Crippen MR) is 139 cm³/mol. The molecule has 0 saturated heterocycles. The minimum absolute atomic E-state index is 0.303. The number of rotatable bonds is 8. The first-order valence-corrected chi connectivity index (χ1v) is 11.9. The smallest absolute Gasteiger partial charge is 0.407 e. The Labute approximate surface area is 211 Å². The highest BCUT2D eigenvalue weighted by Crippen LogP contribution is 2.28. The van der Waals surface area contributed by atoms with Crippen molar-refractivity contribution in [3.05, 3.63) is 101 Å². The van der Waals surface area contributed by atoms with Crippen LogP contribution in [0.3, 0.4) is 0 Å². The van der Waals surface area contributed by atoms with Crippen molar-refractivity contribution in [2.45, 2.75) is 13.0 Å². The van der Waals surface area contributed by atoms with Crippen LogP contribution in [-0.4, -0.2) is 30.1 Å². The number of halogens is 1. The van der Waals surface area contributed by atoms with Gasteiger partial charge in [-0.2, -0.15) is 0 Å². The van der Waals surface area contributed by atoms with Crippen LogP contribution in [0, 0.1) is 0 Å². The molecule has 8 heteroatoms. The second kappa shape index (κ2) is 11.5. The molecule has 3 aromatic carbocycles. The number of alkyl carbamates (subject to hydrolysis) is 1. The lowest BCUT2D eigenvalue weighted by molar-refractivity contribution is 0.102. The molecule has 4 aromatic rings. The fraction of sp³-hybridized carbons (Fsp3) is 0.148. The highest BCUT2D eigenvalue weighted by atomic mass is 79.9. The Morgan fingerprint density at radius 3 is 2.60 bits per heavy atom. The van der Waals surface area contributed by atoms with Crippen LogP contribution >= 0.6 is 15.9 Å². The van der Waals surface area contributed by atoms with E-state index in [0.29, 0.717) is 29.0 Å². The van der Waals surface area contributed by atoms with E-state index in [2.05, 4.69) is 31.5 Å². The van der Waals surface area contributed by atoms with Crippen molar-refractivity contribution in [3.63, 3.8) is 0 Å². The van der Waals surface area contributed by atoms with Crippen LogP contribution in [0.25, 0.3) is 10.8 Å². The monoisotopic (exact) mass is 533 g/mol. The van der Waals surface area contributed by atoms with Crippen LogP contribution < -0.4 is 15.4 Å². The van der Waals surface area contributed by atoms with Gasteiger partial charge < -0.3 is 20.1 Å². The molecule has 4 rings (SSSR count). The van der Waals surface area contributed by atoms with Crippen molar-refractivity contribution >= 4 is 44.4 Å². The minimum Gasteiger partial charge on any atom is -0.491 e. The standard InChI is InChI=1S/C27H24BrN3O4/c1-18(20-12-13-23(22(28)17-20)31-26(32)24-10-4-5-14-29-24)35-27(33)30-15-16-34-25-11-6-8-19-7-2-3-9-21(19)25/h2-14,17-18H,15-16H2,1H3,(H,30,33)(H,31,32). The number of aromatic nitrogens is 1. The number of amides is 2. The summed E-state index contributed by atoms with van der Waals surface area (Å²) in [6.07, 6.45) is 0.529. The van der Waals surface area contributed by atoms with E-state index in [0.717, 1.165) is 22.1 Å². The Kier molecular flexibility index (Phi) is 7.95. The highest BCUT2D eigenvalue weighted by molar-refractivity contribution is 9.10. The van der Waals surface area contributed by atoms with Gasteiger partial charge in [-0.15, -0.1) is 0 Å². The van der Waals surface area contributed by atoms with Gasteiger partial charge in [0.1, 0.15) is 24.2 Å². The summed E-state index contributed by atoms with van der Waals surface area (Å²) in [6, 6.07) is 24.3. The van der Waals surface area contributed by atoms with Gasteiger partial charge in [0.05, 0.1) is 12.2 Å². The molecule has 1 heterocycles.